The molecule has 3 rings (SSSR count). The molecule has 0 spiro atoms. The summed E-state index contributed by atoms with van der Waals surface area (Å²) in [7, 11) is 2.98. The average molecular weight is 354 g/mol. The topological polar surface area (TPSA) is 103 Å². The van der Waals surface area contributed by atoms with Crippen molar-refractivity contribution in [2.24, 2.45) is 0 Å². The molecule has 0 aliphatic heterocycles. The van der Waals surface area contributed by atoms with Crippen molar-refractivity contribution < 1.29 is 24.2 Å². The molecule has 0 amide bonds. The SMILES string of the molecule is COc1cc(C(=O)c2c(C)c(OC)c3ccc(C(=O)O)cn23)ccc1N. The number of hydrogen-bond donors (Lipinski definition) is 2. The zero-order valence-electron chi connectivity index (χ0n) is 14.6. The van der Waals surface area contributed by atoms with E-state index in [1.54, 1.807) is 35.6 Å². The van der Waals surface area contributed by atoms with Crippen LogP contribution in [-0.4, -0.2) is 35.5 Å². The molecule has 7 nitrogen and oxygen atoms in total. The number of carbonyl (C=O) groups is 2. The van der Waals surface area contributed by atoms with Gasteiger partial charge in [0.2, 0.25) is 5.78 Å². The van der Waals surface area contributed by atoms with Crippen molar-refractivity contribution in [2.45, 2.75) is 6.92 Å². The van der Waals surface area contributed by atoms with Crippen LogP contribution in [0.25, 0.3) is 5.52 Å². The summed E-state index contributed by atoms with van der Waals surface area (Å²) in [6, 6.07) is 7.85. The normalized spacial score (nSPS) is 10.7. The number of carboxylic acids is 1. The van der Waals surface area contributed by atoms with Crippen molar-refractivity contribution in [3.63, 3.8) is 0 Å². The molecule has 1 aromatic carbocycles. The average Bonchev–Trinajstić information content (AvgIpc) is 2.91. The molecule has 26 heavy (non-hydrogen) atoms. The molecule has 0 fully saturated rings. The second-order valence-electron chi connectivity index (χ2n) is 5.77. The van der Waals surface area contributed by atoms with Gasteiger partial charge in [0.05, 0.1) is 31.0 Å². The Kier molecular flexibility index (Phi) is 4.29. The number of carbonyl (C=O) groups excluding carboxylic acids is 1. The first-order valence-electron chi connectivity index (χ1n) is 7.79. The van der Waals surface area contributed by atoms with Gasteiger partial charge in [-0.15, -0.1) is 0 Å². The number of nitrogen functional groups attached to an aromatic ring is 1. The van der Waals surface area contributed by atoms with Gasteiger partial charge in [0.25, 0.3) is 0 Å². The molecule has 3 N–H and O–H groups in total. The van der Waals surface area contributed by atoms with Crippen LogP contribution in [0.3, 0.4) is 0 Å². The molecule has 0 bridgehead atoms. The van der Waals surface area contributed by atoms with Gasteiger partial charge in [-0.25, -0.2) is 4.79 Å². The van der Waals surface area contributed by atoms with Crippen LogP contribution in [0.5, 0.6) is 11.5 Å². The van der Waals surface area contributed by atoms with E-state index in [1.807, 2.05) is 0 Å². The summed E-state index contributed by atoms with van der Waals surface area (Å²) in [5.74, 6) is -0.452. The van der Waals surface area contributed by atoms with Gasteiger partial charge in [0, 0.05) is 17.3 Å². The highest BCUT2D eigenvalue weighted by Gasteiger charge is 2.23. The summed E-state index contributed by atoms with van der Waals surface area (Å²) in [6.45, 7) is 1.76. The van der Waals surface area contributed by atoms with Gasteiger partial charge in [-0.1, -0.05) is 0 Å². The molecule has 2 aromatic heterocycles. The van der Waals surface area contributed by atoms with E-state index in [1.165, 1.54) is 26.5 Å². The van der Waals surface area contributed by atoms with Crippen LogP contribution < -0.4 is 15.2 Å². The number of ketones is 1. The molecule has 134 valence electrons. The number of fused-ring (bicyclic) bond motifs is 1. The molecule has 0 radical (unpaired) electrons. The minimum atomic E-state index is -1.08. The Hall–Kier alpha value is -3.48. The zero-order valence-corrected chi connectivity index (χ0v) is 14.6. The summed E-state index contributed by atoms with van der Waals surface area (Å²) in [4.78, 5) is 24.5. The highest BCUT2D eigenvalue weighted by atomic mass is 16.5. The second kappa shape index (κ2) is 6.44. The maximum atomic E-state index is 13.2. The Morgan fingerprint density at radius 2 is 1.77 bits per heavy atom. The number of methoxy groups -OCH3 is 2. The molecule has 0 aliphatic rings. The molecule has 7 heteroatoms. The quantitative estimate of drug-likeness (QED) is 0.539. The first-order valence-corrected chi connectivity index (χ1v) is 7.79. The molecule has 0 saturated heterocycles. The van der Waals surface area contributed by atoms with Crippen LogP contribution in [0, 0.1) is 6.92 Å². The predicted octanol–water partition coefficient (Wildman–Crippen LogP) is 2.78. The lowest BCUT2D eigenvalue weighted by Crippen LogP contribution is -2.09. The van der Waals surface area contributed by atoms with Crippen LogP contribution in [0.2, 0.25) is 0 Å². The zero-order chi connectivity index (χ0) is 19.0. The van der Waals surface area contributed by atoms with Crippen molar-refractivity contribution in [2.75, 3.05) is 20.0 Å². The molecule has 0 saturated carbocycles. The third-order valence-corrected chi connectivity index (χ3v) is 4.28. The Morgan fingerprint density at radius 3 is 2.38 bits per heavy atom. The number of nitrogens with zero attached hydrogens (tertiary/aromatic N) is 1. The predicted molar refractivity (Wildman–Crippen MR) is 96.5 cm³/mol. The molecular weight excluding hydrogens is 336 g/mol. The minimum Gasteiger partial charge on any atom is -0.495 e. The number of nitrogens with two attached hydrogens (primary N) is 1. The summed E-state index contributed by atoms with van der Waals surface area (Å²) in [5.41, 5.74) is 8.24. The van der Waals surface area contributed by atoms with Gasteiger partial charge >= 0.3 is 5.97 Å². The summed E-state index contributed by atoms with van der Waals surface area (Å²) in [6.07, 6.45) is 1.41. The molecule has 3 aromatic rings. The van der Waals surface area contributed by atoms with Crippen molar-refractivity contribution in [3.8, 4) is 11.5 Å². The van der Waals surface area contributed by atoms with Gasteiger partial charge in [0.15, 0.2) is 0 Å². The largest absolute Gasteiger partial charge is 0.495 e. The van der Waals surface area contributed by atoms with Gasteiger partial charge in [0.1, 0.15) is 17.2 Å². The van der Waals surface area contributed by atoms with Gasteiger partial charge < -0.3 is 24.7 Å². The number of benzene rings is 1. The lowest BCUT2D eigenvalue weighted by atomic mass is 10.0. The highest BCUT2D eigenvalue weighted by Crippen LogP contribution is 2.33. The maximum absolute atomic E-state index is 13.2. The smallest absolute Gasteiger partial charge is 0.337 e. The Morgan fingerprint density at radius 1 is 1.08 bits per heavy atom. The molecular formula is C19H18N2O5. The van der Waals surface area contributed by atoms with Crippen molar-refractivity contribution >= 4 is 23.0 Å². The van der Waals surface area contributed by atoms with E-state index in [2.05, 4.69) is 0 Å². The fourth-order valence-electron chi connectivity index (χ4n) is 3.00. The van der Waals surface area contributed by atoms with Crippen LogP contribution in [0.1, 0.15) is 32.0 Å². The number of aromatic nitrogens is 1. The van der Waals surface area contributed by atoms with Crippen molar-refractivity contribution in [1.29, 1.82) is 0 Å². The van der Waals surface area contributed by atoms with E-state index in [0.29, 0.717) is 39.5 Å². The number of hydrogen-bond acceptors (Lipinski definition) is 5. The number of pyridine rings is 1. The molecule has 0 atom stereocenters. The van der Waals surface area contributed by atoms with Gasteiger partial charge in [-0.05, 0) is 37.3 Å². The van der Waals surface area contributed by atoms with Crippen LogP contribution >= 0.6 is 0 Å². The van der Waals surface area contributed by atoms with Crippen LogP contribution in [0.4, 0.5) is 5.69 Å². The first kappa shape index (κ1) is 17.3. The summed E-state index contributed by atoms with van der Waals surface area (Å²) >= 11 is 0. The second-order valence-corrected chi connectivity index (χ2v) is 5.77. The molecule has 0 aliphatic carbocycles. The number of aromatic carboxylic acids is 1. The highest BCUT2D eigenvalue weighted by molar-refractivity contribution is 6.11. The van der Waals surface area contributed by atoms with Crippen LogP contribution in [-0.2, 0) is 0 Å². The third kappa shape index (κ3) is 2.63. The summed E-state index contributed by atoms with van der Waals surface area (Å²) < 4.78 is 12.1. The van der Waals surface area contributed by atoms with E-state index < -0.39 is 5.97 Å². The fraction of sp³-hybridized carbons (Fsp3) is 0.158. The van der Waals surface area contributed by atoms with Gasteiger partial charge in [-0.3, -0.25) is 4.79 Å². The lowest BCUT2D eigenvalue weighted by Gasteiger charge is -2.08. The Balaban J connectivity index is 2.26. The maximum Gasteiger partial charge on any atom is 0.337 e. The van der Waals surface area contributed by atoms with Crippen molar-refractivity contribution in [3.05, 3.63) is 58.9 Å². The Bertz CT molecular complexity index is 1040. The van der Waals surface area contributed by atoms with E-state index in [-0.39, 0.29) is 11.3 Å². The standard InChI is InChI=1S/C19H18N2O5/c1-10-16(17(22)11-4-6-13(20)15(8-11)25-2)21-9-12(19(23)24)5-7-14(21)18(10)26-3/h4-9H,20H2,1-3H3,(H,23,24). The monoisotopic (exact) mass is 354 g/mol. The number of ether oxygens (including phenoxy) is 2. The number of carboxylic acid groups (broad SMARTS) is 1. The number of rotatable bonds is 5. The number of anilines is 1. The van der Waals surface area contributed by atoms with E-state index >= 15 is 0 Å². The molecule has 2 heterocycles. The Labute approximate surface area is 149 Å². The van der Waals surface area contributed by atoms with E-state index in [0.717, 1.165) is 0 Å². The fourth-order valence-corrected chi connectivity index (χ4v) is 3.00. The summed E-state index contributed by atoms with van der Waals surface area (Å²) in [5, 5.41) is 9.26. The first-order chi connectivity index (χ1) is 12.4. The van der Waals surface area contributed by atoms with E-state index in [9.17, 15) is 14.7 Å². The molecule has 0 unspecified atom stereocenters. The van der Waals surface area contributed by atoms with E-state index in [4.69, 9.17) is 15.2 Å². The third-order valence-electron chi connectivity index (χ3n) is 4.28. The lowest BCUT2D eigenvalue weighted by molar-refractivity contribution is 0.0696. The minimum absolute atomic E-state index is 0.0686. The van der Waals surface area contributed by atoms with Crippen LogP contribution in [0.15, 0.2) is 36.5 Å². The van der Waals surface area contributed by atoms with Gasteiger partial charge in [-0.2, -0.15) is 0 Å². The van der Waals surface area contributed by atoms with Crippen molar-refractivity contribution in [1.82, 2.24) is 4.40 Å².